The monoisotopic (exact) mass is 309 g/mol. The molecule has 0 spiro atoms. The number of benzene rings is 1. The van der Waals surface area contributed by atoms with Crippen LogP contribution in [0.2, 0.25) is 0 Å². The van der Waals surface area contributed by atoms with Gasteiger partial charge in [-0.15, -0.1) is 0 Å². The number of hydrogen-bond donors (Lipinski definition) is 1. The Balaban J connectivity index is 1.94. The molecule has 3 rings (SSSR count). The minimum atomic E-state index is -3.07. The quantitative estimate of drug-likeness (QED) is 0.860. The van der Waals surface area contributed by atoms with Gasteiger partial charge in [0.15, 0.2) is 9.84 Å². The minimum Gasteiger partial charge on any atom is -0.508 e. The number of rotatable bonds is 1. The zero-order valence-electron chi connectivity index (χ0n) is 11.4. The number of amides is 1. The average molecular weight is 309 g/mol. The molecular weight excluding hydrogens is 294 g/mol. The molecule has 1 saturated heterocycles. The highest BCUT2D eigenvalue weighted by molar-refractivity contribution is 7.91. The predicted octanol–water partition coefficient (Wildman–Crippen LogP) is 1.40. The molecule has 1 aliphatic rings. The lowest BCUT2D eigenvalue weighted by atomic mass is 10.1. The van der Waals surface area contributed by atoms with Crippen molar-refractivity contribution in [2.75, 3.05) is 18.1 Å². The van der Waals surface area contributed by atoms with Gasteiger partial charge in [-0.05, 0) is 19.1 Å². The van der Waals surface area contributed by atoms with Crippen molar-refractivity contribution in [3.05, 3.63) is 30.0 Å². The van der Waals surface area contributed by atoms with E-state index in [9.17, 15) is 18.3 Å². The van der Waals surface area contributed by atoms with E-state index < -0.39 is 9.84 Å². The van der Waals surface area contributed by atoms with Crippen molar-refractivity contribution in [2.45, 2.75) is 13.0 Å². The minimum absolute atomic E-state index is 0.0142. The first-order chi connectivity index (χ1) is 9.87. The van der Waals surface area contributed by atoms with Gasteiger partial charge >= 0.3 is 0 Å². The number of phenols is 1. The molecule has 1 unspecified atom stereocenters. The highest BCUT2D eigenvalue weighted by Gasteiger charge is 2.32. The molecule has 1 aliphatic heterocycles. The SMILES string of the molecule is CC1CS(=O)(=O)CCN1C(=O)c1coc2cc(O)ccc12. The lowest BCUT2D eigenvalue weighted by Gasteiger charge is -2.32. The van der Waals surface area contributed by atoms with Gasteiger partial charge in [-0.1, -0.05) is 0 Å². The number of aromatic hydroxyl groups is 1. The average Bonchev–Trinajstić information content (AvgIpc) is 2.79. The highest BCUT2D eigenvalue weighted by atomic mass is 32.2. The van der Waals surface area contributed by atoms with Crippen LogP contribution in [0, 0.1) is 0 Å². The molecule has 112 valence electrons. The number of sulfone groups is 1. The second kappa shape index (κ2) is 4.77. The normalized spacial score (nSPS) is 21.6. The molecule has 21 heavy (non-hydrogen) atoms. The summed E-state index contributed by atoms with van der Waals surface area (Å²) in [6, 6.07) is 4.18. The number of hydrogen-bond acceptors (Lipinski definition) is 5. The Labute approximate surface area is 121 Å². The molecule has 6 nitrogen and oxygen atoms in total. The van der Waals surface area contributed by atoms with Crippen LogP contribution in [0.5, 0.6) is 5.75 Å². The lowest BCUT2D eigenvalue weighted by molar-refractivity contribution is 0.0713. The zero-order valence-corrected chi connectivity index (χ0v) is 12.3. The largest absolute Gasteiger partial charge is 0.508 e. The zero-order chi connectivity index (χ0) is 15.2. The van der Waals surface area contributed by atoms with Gasteiger partial charge < -0.3 is 14.4 Å². The summed E-state index contributed by atoms with van der Waals surface area (Å²) in [5.41, 5.74) is 0.812. The molecule has 0 aliphatic carbocycles. The van der Waals surface area contributed by atoms with Crippen LogP contribution in [-0.2, 0) is 9.84 Å². The van der Waals surface area contributed by atoms with E-state index in [1.54, 1.807) is 17.9 Å². The van der Waals surface area contributed by atoms with Gasteiger partial charge in [0.2, 0.25) is 0 Å². The van der Waals surface area contributed by atoms with E-state index in [1.807, 2.05) is 0 Å². The van der Waals surface area contributed by atoms with Gasteiger partial charge in [-0.2, -0.15) is 0 Å². The summed E-state index contributed by atoms with van der Waals surface area (Å²) in [4.78, 5) is 14.1. The van der Waals surface area contributed by atoms with Crippen molar-refractivity contribution in [3.8, 4) is 5.75 Å². The van der Waals surface area contributed by atoms with E-state index >= 15 is 0 Å². The third-order valence-corrected chi connectivity index (χ3v) is 5.52. The molecule has 1 fully saturated rings. The first-order valence-corrected chi connectivity index (χ1v) is 8.41. The van der Waals surface area contributed by atoms with E-state index in [4.69, 9.17) is 4.42 Å². The van der Waals surface area contributed by atoms with Crippen molar-refractivity contribution in [3.63, 3.8) is 0 Å². The number of fused-ring (bicyclic) bond motifs is 1. The Morgan fingerprint density at radius 1 is 1.43 bits per heavy atom. The summed E-state index contributed by atoms with van der Waals surface area (Å²) >= 11 is 0. The van der Waals surface area contributed by atoms with Crippen molar-refractivity contribution in [1.82, 2.24) is 4.90 Å². The van der Waals surface area contributed by atoms with Crippen LogP contribution < -0.4 is 0 Å². The fraction of sp³-hybridized carbons (Fsp3) is 0.357. The second-order valence-corrected chi connectivity index (χ2v) is 7.52. The maximum Gasteiger partial charge on any atom is 0.258 e. The second-order valence-electron chi connectivity index (χ2n) is 5.29. The van der Waals surface area contributed by atoms with Crippen molar-refractivity contribution in [2.24, 2.45) is 0 Å². The van der Waals surface area contributed by atoms with E-state index in [1.165, 1.54) is 18.4 Å². The Morgan fingerprint density at radius 3 is 2.90 bits per heavy atom. The van der Waals surface area contributed by atoms with Crippen LogP contribution in [0.3, 0.4) is 0 Å². The molecule has 7 heteroatoms. The Morgan fingerprint density at radius 2 is 2.19 bits per heavy atom. The number of furan rings is 1. The van der Waals surface area contributed by atoms with Crippen LogP contribution in [0.1, 0.15) is 17.3 Å². The standard InChI is InChI=1S/C14H15NO5S/c1-9-8-21(18,19)5-4-15(9)14(17)12-7-20-13-6-10(16)2-3-11(12)13/h2-3,6-7,9,16H,4-5,8H2,1H3. The molecule has 1 N–H and O–H groups in total. The van der Waals surface area contributed by atoms with Gasteiger partial charge in [0.05, 0.1) is 17.1 Å². The molecule has 0 bridgehead atoms. The molecule has 1 aromatic carbocycles. The Bertz CT molecular complexity index is 808. The van der Waals surface area contributed by atoms with Gasteiger partial charge in [-0.3, -0.25) is 4.79 Å². The van der Waals surface area contributed by atoms with E-state index in [2.05, 4.69) is 0 Å². The third kappa shape index (κ3) is 2.49. The number of carbonyl (C=O) groups is 1. The summed E-state index contributed by atoms with van der Waals surface area (Å²) in [7, 11) is -3.07. The summed E-state index contributed by atoms with van der Waals surface area (Å²) in [6.45, 7) is 1.91. The Hall–Kier alpha value is -2.02. The topological polar surface area (TPSA) is 87.8 Å². The van der Waals surface area contributed by atoms with Gasteiger partial charge in [-0.25, -0.2) is 8.42 Å². The molecule has 0 saturated carbocycles. The van der Waals surface area contributed by atoms with Gasteiger partial charge in [0.25, 0.3) is 5.91 Å². The highest BCUT2D eigenvalue weighted by Crippen LogP contribution is 2.27. The number of nitrogens with zero attached hydrogens (tertiary/aromatic N) is 1. The van der Waals surface area contributed by atoms with Crippen LogP contribution in [0.15, 0.2) is 28.9 Å². The van der Waals surface area contributed by atoms with E-state index in [0.717, 1.165) is 0 Å². The van der Waals surface area contributed by atoms with Crippen molar-refractivity contribution >= 4 is 26.7 Å². The maximum absolute atomic E-state index is 12.6. The lowest BCUT2D eigenvalue weighted by Crippen LogP contribution is -2.49. The van der Waals surface area contributed by atoms with E-state index in [-0.39, 0.29) is 35.7 Å². The molecule has 1 amide bonds. The first kappa shape index (κ1) is 13.9. The van der Waals surface area contributed by atoms with Crippen LogP contribution >= 0.6 is 0 Å². The molecule has 2 heterocycles. The summed E-state index contributed by atoms with van der Waals surface area (Å²) in [6.07, 6.45) is 1.35. The molecule has 2 aromatic rings. The van der Waals surface area contributed by atoms with Crippen LogP contribution in [0.4, 0.5) is 0 Å². The van der Waals surface area contributed by atoms with Crippen molar-refractivity contribution in [1.29, 1.82) is 0 Å². The molecular formula is C14H15NO5S. The summed E-state index contributed by atoms with van der Waals surface area (Å²) in [5, 5.41) is 10.0. The smallest absolute Gasteiger partial charge is 0.258 e. The molecule has 1 aromatic heterocycles. The summed E-state index contributed by atoms with van der Waals surface area (Å²) < 4.78 is 28.5. The Kier molecular flexibility index (Phi) is 3.16. The van der Waals surface area contributed by atoms with Crippen LogP contribution in [0.25, 0.3) is 11.0 Å². The van der Waals surface area contributed by atoms with Gasteiger partial charge in [0.1, 0.15) is 17.6 Å². The fourth-order valence-electron chi connectivity index (χ4n) is 2.64. The molecule has 0 radical (unpaired) electrons. The van der Waals surface area contributed by atoms with Crippen molar-refractivity contribution < 1.29 is 22.7 Å². The first-order valence-electron chi connectivity index (χ1n) is 6.59. The third-order valence-electron chi connectivity index (χ3n) is 3.72. The number of phenolic OH excluding ortho intramolecular Hbond substituents is 1. The predicted molar refractivity (Wildman–Crippen MR) is 77.0 cm³/mol. The van der Waals surface area contributed by atoms with Crippen LogP contribution in [-0.4, -0.2) is 48.4 Å². The fourth-order valence-corrected chi connectivity index (χ4v) is 4.19. The van der Waals surface area contributed by atoms with E-state index in [0.29, 0.717) is 16.5 Å². The molecule has 1 atom stereocenters. The number of carbonyl (C=O) groups excluding carboxylic acids is 1. The maximum atomic E-state index is 12.6. The summed E-state index contributed by atoms with van der Waals surface area (Å²) in [5.74, 6) is -0.218. The van der Waals surface area contributed by atoms with Gasteiger partial charge in [0, 0.05) is 24.0 Å².